The monoisotopic (exact) mass is 305 g/mol. The summed E-state index contributed by atoms with van der Waals surface area (Å²) in [5.41, 5.74) is 0.0833. The molecule has 1 amide bonds. The van der Waals surface area contributed by atoms with Crippen LogP contribution < -0.4 is 5.32 Å². The van der Waals surface area contributed by atoms with Crippen LogP contribution in [-0.4, -0.2) is 23.3 Å². The van der Waals surface area contributed by atoms with Gasteiger partial charge in [-0.3, -0.25) is 0 Å². The van der Waals surface area contributed by atoms with E-state index in [2.05, 4.69) is 5.32 Å². The third-order valence-electron chi connectivity index (χ3n) is 4.28. The van der Waals surface area contributed by atoms with E-state index in [1.54, 1.807) is 6.92 Å². The second-order valence-corrected chi connectivity index (χ2v) is 6.62. The van der Waals surface area contributed by atoms with Gasteiger partial charge in [0.2, 0.25) is 0 Å². The van der Waals surface area contributed by atoms with Crippen LogP contribution in [0, 0.1) is 5.92 Å². The first kappa shape index (κ1) is 16.8. The molecule has 0 radical (unpaired) electrons. The Morgan fingerprint density at radius 2 is 1.95 bits per heavy atom. The van der Waals surface area contributed by atoms with Gasteiger partial charge in [0.05, 0.1) is 5.60 Å². The third kappa shape index (κ3) is 6.06. The first-order valence-corrected chi connectivity index (χ1v) is 8.22. The van der Waals surface area contributed by atoms with Crippen molar-refractivity contribution in [3.63, 3.8) is 0 Å². The molecule has 1 atom stereocenters. The Labute approximate surface area is 132 Å². The topological polar surface area (TPSA) is 58.6 Å². The predicted octanol–water partition coefficient (Wildman–Crippen LogP) is 3.63. The molecule has 1 aromatic rings. The summed E-state index contributed by atoms with van der Waals surface area (Å²) in [6.45, 7) is 2.27. The number of aliphatic hydroxyl groups is 1. The average molecular weight is 305 g/mol. The molecular formula is C18H27NO3. The maximum atomic E-state index is 11.7. The molecule has 0 saturated heterocycles. The minimum Gasteiger partial charge on any atom is -0.445 e. The Balaban J connectivity index is 1.67. The second kappa shape index (κ2) is 8.18. The van der Waals surface area contributed by atoms with Crippen molar-refractivity contribution in [2.75, 3.05) is 6.54 Å². The zero-order chi connectivity index (χ0) is 15.8. The molecule has 2 N–H and O–H groups in total. The molecule has 1 aromatic carbocycles. The normalized spacial score (nSPS) is 18.5. The fourth-order valence-corrected chi connectivity index (χ4v) is 3.12. The van der Waals surface area contributed by atoms with Crippen molar-refractivity contribution < 1.29 is 14.6 Å². The molecule has 1 aliphatic carbocycles. The number of carbonyl (C=O) groups is 1. The molecular weight excluding hydrogens is 278 g/mol. The number of rotatable bonds is 6. The summed E-state index contributed by atoms with van der Waals surface area (Å²) in [6, 6.07) is 9.56. The molecule has 0 aromatic heterocycles. The Hall–Kier alpha value is -1.55. The van der Waals surface area contributed by atoms with Crippen molar-refractivity contribution in [2.24, 2.45) is 5.92 Å². The SMILES string of the molecule is CC(O)(CNC(=O)OCc1ccccc1)CC1CCCCC1. The van der Waals surface area contributed by atoms with E-state index >= 15 is 0 Å². The van der Waals surface area contributed by atoms with Crippen LogP contribution in [0.15, 0.2) is 30.3 Å². The van der Waals surface area contributed by atoms with Gasteiger partial charge in [0.25, 0.3) is 0 Å². The molecule has 0 aliphatic heterocycles. The van der Waals surface area contributed by atoms with Crippen molar-refractivity contribution in [1.29, 1.82) is 0 Å². The first-order chi connectivity index (χ1) is 10.6. The highest BCUT2D eigenvalue weighted by Gasteiger charge is 2.27. The minimum absolute atomic E-state index is 0.233. The van der Waals surface area contributed by atoms with Gasteiger partial charge >= 0.3 is 6.09 Å². The molecule has 1 aliphatic rings. The first-order valence-electron chi connectivity index (χ1n) is 8.22. The minimum atomic E-state index is -0.867. The summed E-state index contributed by atoms with van der Waals surface area (Å²) in [5, 5.41) is 13.1. The van der Waals surface area contributed by atoms with E-state index in [4.69, 9.17) is 4.74 Å². The molecule has 4 nitrogen and oxygen atoms in total. The molecule has 1 fully saturated rings. The Kier molecular flexibility index (Phi) is 6.25. The highest BCUT2D eigenvalue weighted by atomic mass is 16.5. The molecule has 0 spiro atoms. The van der Waals surface area contributed by atoms with Crippen LogP contribution in [0.5, 0.6) is 0 Å². The van der Waals surface area contributed by atoms with Crippen LogP contribution in [0.25, 0.3) is 0 Å². The van der Waals surface area contributed by atoms with Crippen LogP contribution in [0.3, 0.4) is 0 Å². The number of alkyl carbamates (subject to hydrolysis) is 1. The van der Waals surface area contributed by atoms with Gasteiger partial charge < -0.3 is 15.2 Å². The number of ether oxygens (including phenoxy) is 1. The molecule has 22 heavy (non-hydrogen) atoms. The van der Waals surface area contributed by atoms with Gasteiger partial charge in [0.15, 0.2) is 0 Å². The zero-order valence-corrected chi connectivity index (χ0v) is 13.4. The van der Waals surface area contributed by atoms with Gasteiger partial charge in [-0.2, -0.15) is 0 Å². The summed E-state index contributed by atoms with van der Waals surface area (Å²) >= 11 is 0. The highest BCUT2D eigenvalue weighted by Crippen LogP contribution is 2.30. The lowest BCUT2D eigenvalue weighted by molar-refractivity contribution is 0.0262. The van der Waals surface area contributed by atoms with Crippen molar-refractivity contribution >= 4 is 6.09 Å². The highest BCUT2D eigenvalue weighted by molar-refractivity contribution is 5.67. The summed E-state index contributed by atoms with van der Waals surface area (Å²) < 4.78 is 5.15. The summed E-state index contributed by atoms with van der Waals surface area (Å²) in [6.07, 6.45) is 6.46. The lowest BCUT2D eigenvalue weighted by atomic mass is 9.81. The van der Waals surface area contributed by atoms with Crippen LogP contribution in [0.4, 0.5) is 4.79 Å². The number of nitrogens with one attached hydrogen (secondary N) is 1. The molecule has 1 unspecified atom stereocenters. The number of benzene rings is 1. The summed E-state index contributed by atoms with van der Waals surface area (Å²) in [7, 11) is 0. The van der Waals surface area contributed by atoms with Gasteiger partial charge in [-0.1, -0.05) is 62.4 Å². The average Bonchev–Trinajstić information content (AvgIpc) is 2.53. The summed E-state index contributed by atoms with van der Waals surface area (Å²) in [4.78, 5) is 11.7. The molecule has 1 saturated carbocycles. The molecule has 0 heterocycles. The maximum Gasteiger partial charge on any atom is 0.407 e. The number of amides is 1. The fraction of sp³-hybridized carbons (Fsp3) is 0.611. The van der Waals surface area contributed by atoms with Gasteiger partial charge in [-0.05, 0) is 24.8 Å². The molecule has 122 valence electrons. The lowest BCUT2D eigenvalue weighted by Crippen LogP contribution is -2.42. The second-order valence-electron chi connectivity index (χ2n) is 6.62. The van der Waals surface area contributed by atoms with E-state index in [1.165, 1.54) is 32.1 Å². The van der Waals surface area contributed by atoms with Crippen LogP contribution in [-0.2, 0) is 11.3 Å². The number of hydrogen-bond donors (Lipinski definition) is 2. The van der Waals surface area contributed by atoms with Crippen LogP contribution in [0.1, 0.15) is 51.0 Å². The standard InChI is InChI=1S/C18H27NO3/c1-18(21,12-15-8-4-2-5-9-15)14-19-17(20)22-13-16-10-6-3-7-11-16/h3,6-7,10-11,15,21H,2,4-5,8-9,12-14H2,1H3,(H,19,20). The van der Waals surface area contributed by atoms with E-state index in [0.717, 1.165) is 12.0 Å². The Morgan fingerprint density at radius 3 is 2.64 bits per heavy atom. The fourth-order valence-electron chi connectivity index (χ4n) is 3.12. The molecule has 0 bridgehead atoms. The van der Waals surface area contributed by atoms with Crippen molar-refractivity contribution in [1.82, 2.24) is 5.32 Å². The Morgan fingerprint density at radius 1 is 1.27 bits per heavy atom. The maximum absolute atomic E-state index is 11.7. The van der Waals surface area contributed by atoms with E-state index in [0.29, 0.717) is 5.92 Å². The number of hydrogen-bond acceptors (Lipinski definition) is 3. The third-order valence-corrected chi connectivity index (χ3v) is 4.28. The van der Waals surface area contributed by atoms with Crippen molar-refractivity contribution in [2.45, 2.75) is 57.7 Å². The van der Waals surface area contributed by atoms with Crippen LogP contribution >= 0.6 is 0 Å². The largest absolute Gasteiger partial charge is 0.445 e. The van der Waals surface area contributed by atoms with Gasteiger partial charge in [-0.25, -0.2) is 4.79 Å². The van der Waals surface area contributed by atoms with Crippen LogP contribution in [0.2, 0.25) is 0 Å². The number of carbonyl (C=O) groups excluding carboxylic acids is 1. The van der Waals surface area contributed by atoms with Gasteiger partial charge in [0.1, 0.15) is 6.61 Å². The summed E-state index contributed by atoms with van der Waals surface area (Å²) in [5.74, 6) is 0.575. The predicted molar refractivity (Wildman–Crippen MR) is 86.4 cm³/mol. The van der Waals surface area contributed by atoms with E-state index < -0.39 is 11.7 Å². The lowest BCUT2D eigenvalue weighted by Gasteiger charge is -2.30. The molecule has 2 rings (SSSR count). The Bertz CT molecular complexity index is 453. The van der Waals surface area contributed by atoms with E-state index in [1.807, 2.05) is 30.3 Å². The van der Waals surface area contributed by atoms with Crippen molar-refractivity contribution in [3.8, 4) is 0 Å². The zero-order valence-electron chi connectivity index (χ0n) is 13.4. The van der Waals surface area contributed by atoms with Gasteiger partial charge in [-0.15, -0.1) is 0 Å². The molecule has 4 heteroatoms. The van der Waals surface area contributed by atoms with E-state index in [-0.39, 0.29) is 13.2 Å². The quantitative estimate of drug-likeness (QED) is 0.843. The van der Waals surface area contributed by atoms with E-state index in [9.17, 15) is 9.90 Å². The smallest absolute Gasteiger partial charge is 0.407 e. The van der Waals surface area contributed by atoms with Gasteiger partial charge in [0, 0.05) is 6.54 Å². The van der Waals surface area contributed by atoms with Crippen molar-refractivity contribution in [3.05, 3.63) is 35.9 Å².